The summed E-state index contributed by atoms with van der Waals surface area (Å²) in [6.07, 6.45) is 6.04. The van der Waals surface area contributed by atoms with E-state index in [2.05, 4.69) is 0 Å². The first-order chi connectivity index (χ1) is 4.38. The van der Waals surface area contributed by atoms with Crippen LogP contribution in [0.5, 0.6) is 0 Å². The van der Waals surface area contributed by atoms with Crippen LogP contribution in [0.1, 0.15) is 32.1 Å². The molecule has 2 saturated carbocycles. The normalized spacial score (nSPS) is 33.7. The second-order valence-corrected chi connectivity index (χ2v) is 3.04. The van der Waals surface area contributed by atoms with Gasteiger partial charge in [0, 0.05) is 0 Å². The van der Waals surface area contributed by atoms with Crippen molar-refractivity contribution in [2.24, 2.45) is 0 Å². The summed E-state index contributed by atoms with van der Waals surface area (Å²) < 4.78 is 0. The zero-order valence-electron chi connectivity index (χ0n) is 5.56. The molecule has 0 amide bonds. The van der Waals surface area contributed by atoms with Gasteiger partial charge in [-0.3, -0.25) is 0 Å². The van der Waals surface area contributed by atoms with Crippen LogP contribution in [-0.4, -0.2) is 11.2 Å². The van der Waals surface area contributed by atoms with E-state index in [0.717, 1.165) is 6.42 Å². The number of hydrogen-bond donors (Lipinski definition) is 1. The fourth-order valence-corrected chi connectivity index (χ4v) is 1.50. The average Bonchev–Trinajstić information content (AvgIpc) is 1.74. The van der Waals surface area contributed by atoms with E-state index >= 15 is 0 Å². The quantitative estimate of drug-likeness (QED) is 0.486. The molecular formula is C8H12O. The van der Waals surface area contributed by atoms with E-state index in [4.69, 9.17) is 0 Å². The summed E-state index contributed by atoms with van der Waals surface area (Å²) >= 11 is 0. The van der Waals surface area contributed by atoms with Crippen molar-refractivity contribution >= 4 is 0 Å². The zero-order chi connectivity index (χ0) is 6.27. The number of allylic oxidation sites excluding steroid dienone is 1. The molecule has 0 bridgehead atoms. The molecule has 1 N–H and O–H groups in total. The van der Waals surface area contributed by atoms with Crippen molar-refractivity contribution in [1.82, 2.24) is 0 Å². The maximum atomic E-state index is 9.19. The summed E-state index contributed by atoms with van der Waals surface area (Å²) in [7, 11) is 0. The fourth-order valence-electron chi connectivity index (χ4n) is 1.50. The molecule has 0 aromatic heterocycles. The van der Waals surface area contributed by atoms with Gasteiger partial charge in [0.15, 0.2) is 0 Å². The maximum absolute atomic E-state index is 9.19. The van der Waals surface area contributed by atoms with Gasteiger partial charge < -0.3 is 5.11 Å². The van der Waals surface area contributed by atoms with Crippen molar-refractivity contribution in [2.45, 2.75) is 38.2 Å². The SMILES string of the molecule is O[C@@H]1CCC1=C1CCC1. The van der Waals surface area contributed by atoms with E-state index < -0.39 is 0 Å². The van der Waals surface area contributed by atoms with Crippen LogP contribution >= 0.6 is 0 Å². The topological polar surface area (TPSA) is 20.2 Å². The predicted molar refractivity (Wildman–Crippen MR) is 36.1 cm³/mol. The predicted octanol–water partition coefficient (Wildman–Crippen LogP) is 1.62. The zero-order valence-corrected chi connectivity index (χ0v) is 5.56. The molecule has 2 aliphatic carbocycles. The Labute approximate surface area is 55.4 Å². The van der Waals surface area contributed by atoms with Gasteiger partial charge in [0.2, 0.25) is 0 Å². The van der Waals surface area contributed by atoms with Gasteiger partial charge in [0.25, 0.3) is 0 Å². The molecule has 0 heterocycles. The number of hydrogen-bond acceptors (Lipinski definition) is 1. The van der Waals surface area contributed by atoms with Crippen LogP contribution in [0.3, 0.4) is 0 Å². The smallest absolute Gasteiger partial charge is 0.0755 e. The summed E-state index contributed by atoms with van der Waals surface area (Å²) in [5.41, 5.74) is 2.94. The molecule has 0 aromatic carbocycles. The van der Waals surface area contributed by atoms with E-state index in [1.807, 2.05) is 0 Å². The molecule has 1 atom stereocenters. The molecule has 0 aliphatic heterocycles. The van der Waals surface area contributed by atoms with Crippen LogP contribution in [0.15, 0.2) is 11.1 Å². The molecule has 2 rings (SSSR count). The lowest BCUT2D eigenvalue weighted by atomic mass is 9.77. The largest absolute Gasteiger partial charge is 0.389 e. The fraction of sp³-hybridized carbons (Fsp3) is 0.750. The van der Waals surface area contributed by atoms with Gasteiger partial charge in [0.1, 0.15) is 0 Å². The molecule has 50 valence electrons. The van der Waals surface area contributed by atoms with E-state index in [1.165, 1.54) is 31.3 Å². The molecule has 1 heteroatoms. The monoisotopic (exact) mass is 124 g/mol. The minimum Gasteiger partial charge on any atom is -0.389 e. The van der Waals surface area contributed by atoms with E-state index in [1.54, 1.807) is 5.57 Å². The van der Waals surface area contributed by atoms with Crippen LogP contribution in [-0.2, 0) is 0 Å². The standard InChI is InChI=1S/C8H12O/c9-8-5-4-7(8)6-2-1-3-6/h8-9H,1-5H2/t8-/m1/s1. The van der Waals surface area contributed by atoms with Crippen molar-refractivity contribution in [3.8, 4) is 0 Å². The molecule has 0 radical (unpaired) electrons. The Hall–Kier alpha value is -0.300. The van der Waals surface area contributed by atoms with E-state index in [9.17, 15) is 5.11 Å². The molecule has 1 nitrogen and oxygen atoms in total. The number of aliphatic hydroxyl groups excluding tert-OH is 1. The minimum absolute atomic E-state index is 0.0414. The Kier molecular flexibility index (Phi) is 1.12. The van der Waals surface area contributed by atoms with Crippen LogP contribution in [0.4, 0.5) is 0 Å². The van der Waals surface area contributed by atoms with E-state index in [0.29, 0.717) is 0 Å². The first-order valence-corrected chi connectivity index (χ1v) is 3.77. The Morgan fingerprint density at radius 3 is 2.11 bits per heavy atom. The molecule has 2 aliphatic rings. The molecule has 9 heavy (non-hydrogen) atoms. The Balaban J connectivity index is 2.10. The van der Waals surface area contributed by atoms with Gasteiger partial charge in [-0.15, -0.1) is 0 Å². The number of rotatable bonds is 0. The van der Waals surface area contributed by atoms with Gasteiger partial charge in [-0.1, -0.05) is 5.57 Å². The third kappa shape index (κ3) is 0.715. The highest BCUT2D eigenvalue weighted by Gasteiger charge is 2.26. The van der Waals surface area contributed by atoms with Crippen LogP contribution in [0, 0.1) is 0 Å². The summed E-state index contributed by atoms with van der Waals surface area (Å²) in [5.74, 6) is 0. The highest BCUT2D eigenvalue weighted by Crippen LogP contribution is 2.38. The third-order valence-corrected chi connectivity index (χ3v) is 2.50. The Bertz CT molecular complexity index is 152. The lowest BCUT2D eigenvalue weighted by Gasteiger charge is -2.32. The van der Waals surface area contributed by atoms with E-state index in [-0.39, 0.29) is 6.10 Å². The minimum atomic E-state index is -0.0414. The summed E-state index contributed by atoms with van der Waals surface area (Å²) in [6.45, 7) is 0. The van der Waals surface area contributed by atoms with Crippen LogP contribution in [0.25, 0.3) is 0 Å². The van der Waals surface area contributed by atoms with Crippen molar-refractivity contribution in [2.75, 3.05) is 0 Å². The first kappa shape index (κ1) is 5.48. The average molecular weight is 124 g/mol. The number of aliphatic hydroxyl groups is 1. The maximum Gasteiger partial charge on any atom is 0.0755 e. The van der Waals surface area contributed by atoms with Crippen molar-refractivity contribution in [1.29, 1.82) is 0 Å². The highest BCUT2D eigenvalue weighted by molar-refractivity contribution is 5.27. The van der Waals surface area contributed by atoms with Gasteiger partial charge in [-0.2, -0.15) is 0 Å². The Morgan fingerprint density at radius 1 is 1.22 bits per heavy atom. The van der Waals surface area contributed by atoms with Gasteiger partial charge in [0.05, 0.1) is 6.10 Å². The third-order valence-electron chi connectivity index (χ3n) is 2.50. The van der Waals surface area contributed by atoms with Gasteiger partial charge in [-0.25, -0.2) is 0 Å². The lowest BCUT2D eigenvalue weighted by molar-refractivity contribution is 0.152. The van der Waals surface area contributed by atoms with Crippen molar-refractivity contribution < 1.29 is 5.11 Å². The molecular weight excluding hydrogens is 112 g/mol. The molecule has 0 unspecified atom stereocenters. The highest BCUT2D eigenvalue weighted by atomic mass is 16.3. The van der Waals surface area contributed by atoms with Gasteiger partial charge >= 0.3 is 0 Å². The van der Waals surface area contributed by atoms with Crippen molar-refractivity contribution in [3.63, 3.8) is 0 Å². The van der Waals surface area contributed by atoms with Crippen molar-refractivity contribution in [3.05, 3.63) is 11.1 Å². The Morgan fingerprint density at radius 2 is 2.00 bits per heavy atom. The summed E-state index contributed by atoms with van der Waals surface area (Å²) in [6, 6.07) is 0. The molecule has 0 aromatic rings. The first-order valence-electron chi connectivity index (χ1n) is 3.77. The molecule has 0 saturated heterocycles. The van der Waals surface area contributed by atoms with Gasteiger partial charge in [-0.05, 0) is 37.7 Å². The molecule has 0 spiro atoms. The summed E-state index contributed by atoms with van der Waals surface area (Å²) in [4.78, 5) is 0. The van der Waals surface area contributed by atoms with Crippen LogP contribution in [0.2, 0.25) is 0 Å². The lowest BCUT2D eigenvalue weighted by Crippen LogP contribution is -2.24. The summed E-state index contributed by atoms with van der Waals surface area (Å²) in [5, 5.41) is 9.19. The van der Waals surface area contributed by atoms with Crippen LogP contribution < -0.4 is 0 Å². The second-order valence-electron chi connectivity index (χ2n) is 3.04. The second kappa shape index (κ2) is 1.84. The molecule has 2 fully saturated rings.